The van der Waals surface area contributed by atoms with Gasteiger partial charge in [0.1, 0.15) is 0 Å². The van der Waals surface area contributed by atoms with Crippen molar-refractivity contribution in [1.82, 2.24) is 4.90 Å². The number of nitrogens with one attached hydrogen (secondary N) is 1. The highest BCUT2D eigenvalue weighted by atomic mass is 16.2. The van der Waals surface area contributed by atoms with Gasteiger partial charge in [0.25, 0.3) is 0 Å². The third-order valence-corrected chi connectivity index (χ3v) is 4.94. The van der Waals surface area contributed by atoms with Crippen molar-refractivity contribution < 1.29 is 14.4 Å². The lowest BCUT2D eigenvalue weighted by Gasteiger charge is -2.17. The van der Waals surface area contributed by atoms with E-state index in [1.54, 1.807) is 19.2 Å². The summed E-state index contributed by atoms with van der Waals surface area (Å²) >= 11 is 0. The third-order valence-electron chi connectivity index (χ3n) is 4.94. The normalized spacial score (nSPS) is 10.4. The molecule has 28 heavy (non-hydrogen) atoms. The number of aryl methyl sites for hydroxylation is 2. The summed E-state index contributed by atoms with van der Waals surface area (Å²) in [6.45, 7) is 5.93. The molecule has 0 saturated carbocycles. The van der Waals surface area contributed by atoms with Crippen LogP contribution in [0.25, 0.3) is 0 Å². The fraction of sp³-hybridized carbons (Fsp3) is 0.348. The van der Waals surface area contributed by atoms with Crippen molar-refractivity contribution in [3.63, 3.8) is 0 Å². The van der Waals surface area contributed by atoms with Gasteiger partial charge >= 0.3 is 0 Å². The van der Waals surface area contributed by atoms with Gasteiger partial charge in [-0.1, -0.05) is 43.3 Å². The maximum absolute atomic E-state index is 12.3. The van der Waals surface area contributed by atoms with E-state index in [2.05, 4.69) is 12.2 Å². The van der Waals surface area contributed by atoms with Gasteiger partial charge in [0.15, 0.2) is 5.78 Å². The van der Waals surface area contributed by atoms with E-state index in [-0.39, 0.29) is 37.0 Å². The van der Waals surface area contributed by atoms with E-state index in [1.165, 1.54) is 10.5 Å². The Bertz CT molecular complexity index is 857. The minimum Gasteiger partial charge on any atom is -0.336 e. The van der Waals surface area contributed by atoms with Crippen LogP contribution >= 0.6 is 0 Å². The fourth-order valence-corrected chi connectivity index (χ4v) is 2.86. The second-order valence-electron chi connectivity index (χ2n) is 7.02. The monoisotopic (exact) mass is 380 g/mol. The van der Waals surface area contributed by atoms with Crippen LogP contribution < -0.4 is 5.32 Å². The van der Waals surface area contributed by atoms with Gasteiger partial charge in [-0.05, 0) is 43.0 Å². The van der Waals surface area contributed by atoms with Crippen LogP contribution in [0.3, 0.4) is 0 Å². The van der Waals surface area contributed by atoms with E-state index >= 15 is 0 Å². The van der Waals surface area contributed by atoms with Crippen molar-refractivity contribution >= 4 is 23.3 Å². The topological polar surface area (TPSA) is 66.5 Å². The molecule has 0 aliphatic heterocycles. The SMILES string of the molecule is CCc1ccc(C(=O)CCC(=O)N(C)CC(=O)Nc2cccc(C)c2C)cc1. The number of anilines is 1. The number of hydrogen-bond acceptors (Lipinski definition) is 3. The summed E-state index contributed by atoms with van der Waals surface area (Å²) in [5.41, 5.74) is 4.62. The quantitative estimate of drug-likeness (QED) is 0.706. The lowest BCUT2D eigenvalue weighted by molar-refractivity contribution is -0.133. The molecule has 0 aromatic heterocycles. The number of amides is 2. The van der Waals surface area contributed by atoms with Gasteiger partial charge in [0.2, 0.25) is 11.8 Å². The molecule has 1 N–H and O–H groups in total. The molecule has 2 rings (SSSR count). The van der Waals surface area contributed by atoms with Gasteiger partial charge < -0.3 is 10.2 Å². The molecule has 0 aliphatic carbocycles. The first-order chi connectivity index (χ1) is 13.3. The zero-order chi connectivity index (χ0) is 20.7. The van der Waals surface area contributed by atoms with Gasteiger partial charge in [-0.3, -0.25) is 14.4 Å². The van der Waals surface area contributed by atoms with Crippen molar-refractivity contribution in [2.45, 2.75) is 40.0 Å². The third kappa shape index (κ3) is 5.78. The van der Waals surface area contributed by atoms with Gasteiger partial charge in [-0.2, -0.15) is 0 Å². The number of Topliss-reactive ketones (excluding diaryl/α,β-unsaturated/α-hetero) is 1. The molecule has 0 radical (unpaired) electrons. The number of nitrogens with zero attached hydrogens (tertiary/aromatic N) is 1. The van der Waals surface area contributed by atoms with E-state index in [0.29, 0.717) is 5.56 Å². The Hall–Kier alpha value is -2.95. The predicted molar refractivity (Wildman–Crippen MR) is 112 cm³/mol. The number of rotatable bonds is 8. The highest BCUT2D eigenvalue weighted by molar-refractivity contribution is 5.99. The van der Waals surface area contributed by atoms with E-state index in [4.69, 9.17) is 0 Å². The van der Waals surface area contributed by atoms with Gasteiger partial charge in [-0.25, -0.2) is 0 Å². The van der Waals surface area contributed by atoms with Crippen LogP contribution in [0.5, 0.6) is 0 Å². The summed E-state index contributed by atoms with van der Waals surface area (Å²) in [5, 5.41) is 2.84. The molecule has 0 spiro atoms. The summed E-state index contributed by atoms with van der Waals surface area (Å²) < 4.78 is 0. The Balaban J connectivity index is 1.83. The van der Waals surface area contributed by atoms with E-state index in [1.807, 2.05) is 44.2 Å². The molecule has 2 aromatic carbocycles. The van der Waals surface area contributed by atoms with Crippen LogP contribution in [0.15, 0.2) is 42.5 Å². The number of likely N-dealkylation sites (N-methyl/N-ethyl adjacent to an activating group) is 1. The fourth-order valence-electron chi connectivity index (χ4n) is 2.86. The lowest BCUT2D eigenvalue weighted by atomic mass is 10.0. The number of hydrogen-bond donors (Lipinski definition) is 1. The van der Waals surface area contributed by atoms with E-state index in [0.717, 1.165) is 23.2 Å². The largest absolute Gasteiger partial charge is 0.336 e. The standard InChI is InChI=1S/C23H28N2O3/c1-5-18-9-11-19(12-10-18)21(26)13-14-23(28)25(4)15-22(27)24-20-8-6-7-16(2)17(20)3/h6-12H,5,13-15H2,1-4H3,(H,24,27). The second kappa shape index (κ2) is 9.83. The molecular weight excluding hydrogens is 352 g/mol. The smallest absolute Gasteiger partial charge is 0.243 e. The predicted octanol–water partition coefficient (Wildman–Crippen LogP) is 3.93. The molecule has 5 nitrogen and oxygen atoms in total. The van der Waals surface area contributed by atoms with Crippen LogP contribution in [0.4, 0.5) is 5.69 Å². The molecule has 148 valence electrons. The first kappa shape index (κ1) is 21.4. The first-order valence-corrected chi connectivity index (χ1v) is 9.54. The average Bonchev–Trinajstić information content (AvgIpc) is 2.69. The molecule has 2 amide bonds. The second-order valence-corrected chi connectivity index (χ2v) is 7.02. The molecule has 0 unspecified atom stereocenters. The number of benzene rings is 2. The number of carbonyl (C=O) groups is 3. The van der Waals surface area contributed by atoms with Crippen molar-refractivity contribution in [1.29, 1.82) is 0 Å². The summed E-state index contributed by atoms with van der Waals surface area (Å²) in [5.74, 6) is -0.551. The summed E-state index contributed by atoms with van der Waals surface area (Å²) in [7, 11) is 1.57. The Morgan fingerprint density at radius 2 is 1.64 bits per heavy atom. The molecule has 0 aliphatic rings. The first-order valence-electron chi connectivity index (χ1n) is 9.54. The maximum atomic E-state index is 12.3. The van der Waals surface area contributed by atoms with Gasteiger partial charge in [0, 0.05) is 31.1 Å². The number of ketones is 1. The van der Waals surface area contributed by atoms with Crippen LogP contribution in [0.1, 0.15) is 46.8 Å². The van der Waals surface area contributed by atoms with Crippen LogP contribution in [-0.4, -0.2) is 36.1 Å². The number of carbonyl (C=O) groups excluding carboxylic acids is 3. The molecule has 5 heteroatoms. The highest BCUT2D eigenvalue weighted by Gasteiger charge is 2.16. The zero-order valence-electron chi connectivity index (χ0n) is 17.0. The van der Waals surface area contributed by atoms with Crippen LogP contribution in [-0.2, 0) is 16.0 Å². The average molecular weight is 380 g/mol. The highest BCUT2D eigenvalue weighted by Crippen LogP contribution is 2.18. The van der Waals surface area contributed by atoms with Crippen molar-refractivity contribution in [2.75, 3.05) is 18.9 Å². The molecule has 0 fully saturated rings. The molecule has 2 aromatic rings. The maximum Gasteiger partial charge on any atom is 0.243 e. The minimum atomic E-state index is -0.258. The summed E-state index contributed by atoms with van der Waals surface area (Å²) in [6, 6.07) is 13.2. The molecule has 0 heterocycles. The molecule has 0 atom stereocenters. The minimum absolute atomic E-state index is 0.0500. The lowest BCUT2D eigenvalue weighted by Crippen LogP contribution is -2.35. The summed E-state index contributed by atoms with van der Waals surface area (Å²) in [6.07, 6.45) is 1.14. The van der Waals surface area contributed by atoms with E-state index in [9.17, 15) is 14.4 Å². The molecular formula is C23H28N2O3. The Kier molecular flexibility index (Phi) is 7.50. The van der Waals surface area contributed by atoms with Gasteiger partial charge in [-0.15, -0.1) is 0 Å². The Morgan fingerprint density at radius 1 is 0.964 bits per heavy atom. The zero-order valence-corrected chi connectivity index (χ0v) is 17.0. The Morgan fingerprint density at radius 3 is 2.29 bits per heavy atom. The summed E-state index contributed by atoms with van der Waals surface area (Å²) in [4.78, 5) is 38.1. The van der Waals surface area contributed by atoms with E-state index < -0.39 is 0 Å². The molecule has 0 saturated heterocycles. The molecule has 0 bridgehead atoms. The van der Waals surface area contributed by atoms with Crippen LogP contribution in [0, 0.1) is 13.8 Å². The Labute approximate surface area is 166 Å². The van der Waals surface area contributed by atoms with Crippen molar-refractivity contribution in [2.24, 2.45) is 0 Å². The van der Waals surface area contributed by atoms with Gasteiger partial charge in [0.05, 0.1) is 6.54 Å². The van der Waals surface area contributed by atoms with Crippen molar-refractivity contribution in [3.8, 4) is 0 Å². The van der Waals surface area contributed by atoms with Crippen molar-refractivity contribution in [3.05, 3.63) is 64.7 Å². The van der Waals surface area contributed by atoms with Crippen LogP contribution in [0.2, 0.25) is 0 Å².